The minimum absolute atomic E-state index is 0.0710. The predicted octanol–water partition coefficient (Wildman–Crippen LogP) is 2.42. The summed E-state index contributed by atoms with van der Waals surface area (Å²) in [7, 11) is -3.24. The number of hydrogen-bond acceptors (Lipinski definition) is 3. The van der Waals surface area contributed by atoms with Crippen LogP contribution in [0.1, 0.15) is 22.3 Å². The van der Waals surface area contributed by atoms with Gasteiger partial charge in [-0.1, -0.05) is 30.3 Å². The molecule has 0 unspecified atom stereocenters. The van der Waals surface area contributed by atoms with Crippen LogP contribution < -0.4 is 10.0 Å². The molecule has 0 aliphatic rings. The molecule has 5 nitrogen and oxygen atoms in total. The molecule has 0 atom stereocenters. The molecular formula is C17H20N2O3S. The Morgan fingerprint density at radius 1 is 1.00 bits per heavy atom. The molecule has 122 valence electrons. The van der Waals surface area contributed by atoms with E-state index in [4.69, 9.17) is 0 Å². The van der Waals surface area contributed by atoms with Crippen molar-refractivity contribution in [1.82, 2.24) is 5.32 Å². The summed E-state index contributed by atoms with van der Waals surface area (Å²) in [5.74, 6) is -0.0710. The van der Waals surface area contributed by atoms with E-state index >= 15 is 0 Å². The summed E-state index contributed by atoms with van der Waals surface area (Å²) in [5, 5.41) is 2.88. The average Bonchev–Trinajstić information content (AvgIpc) is 2.52. The minimum Gasteiger partial charge on any atom is -0.352 e. The van der Waals surface area contributed by atoms with Crippen LogP contribution in [0.4, 0.5) is 5.69 Å². The third kappa shape index (κ3) is 6.12. The monoisotopic (exact) mass is 332 g/mol. The Bertz CT molecular complexity index is 741. The highest BCUT2D eigenvalue weighted by Crippen LogP contribution is 2.12. The lowest BCUT2D eigenvalue weighted by Crippen LogP contribution is -2.24. The van der Waals surface area contributed by atoms with Crippen molar-refractivity contribution >= 4 is 21.6 Å². The van der Waals surface area contributed by atoms with Crippen molar-refractivity contribution in [2.75, 3.05) is 17.5 Å². The summed E-state index contributed by atoms with van der Waals surface area (Å²) in [6, 6.07) is 16.3. The molecule has 0 spiro atoms. The molecule has 0 aliphatic heterocycles. The number of amides is 1. The SMILES string of the molecule is CS(=O)(=O)Nc1ccc(CCCNC(=O)c2ccccc2)cc1. The van der Waals surface area contributed by atoms with Gasteiger partial charge in [0.2, 0.25) is 10.0 Å². The third-order valence-corrected chi connectivity index (χ3v) is 3.83. The normalized spacial score (nSPS) is 11.0. The summed E-state index contributed by atoms with van der Waals surface area (Å²) in [5.41, 5.74) is 2.30. The fraction of sp³-hybridized carbons (Fsp3) is 0.235. The molecule has 0 bridgehead atoms. The molecule has 0 aromatic heterocycles. The highest BCUT2D eigenvalue weighted by Gasteiger charge is 2.04. The molecule has 0 heterocycles. The molecular weight excluding hydrogens is 312 g/mol. The van der Waals surface area contributed by atoms with Gasteiger partial charge in [-0.05, 0) is 42.7 Å². The molecule has 23 heavy (non-hydrogen) atoms. The number of anilines is 1. The number of nitrogens with one attached hydrogen (secondary N) is 2. The summed E-state index contributed by atoms with van der Waals surface area (Å²) >= 11 is 0. The van der Waals surface area contributed by atoms with Gasteiger partial charge in [0.05, 0.1) is 6.26 Å². The minimum atomic E-state index is -3.24. The lowest BCUT2D eigenvalue weighted by atomic mass is 10.1. The largest absolute Gasteiger partial charge is 0.352 e. The van der Waals surface area contributed by atoms with E-state index in [9.17, 15) is 13.2 Å². The number of carbonyl (C=O) groups is 1. The van der Waals surface area contributed by atoms with E-state index in [1.54, 1.807) is 24.3 Å². The molecule has 0 saturated heterocycles. The highest BCUT2D eigenvalue weighted by molar-refractivity contribution is 7.92. The Kier molecular flexibility index (Phi) is 5.76. The molecule has 1 amide bonds. The third-order valence-electron chi connectivity index (χ3n) is 3.22. The van der Waals surface area contributed by atoms with Crippen LogP contribution in [0.15, 0.2) is 54.6 Å². The Hall–Kier alpha value is -2.34. The zero-order valence-electron chi connectivity index (χ0n) is 13.0. The van der Waals surface area contributed by atoms with Crippen LogP contribution in [0, 0.1) is 0 Å². The Labute approximate surface area is 136 Å². The second-order valence-corrected chi connectivity index (χ2v) is 7.05. The van der Waals surface area contributed by atoms with Crippen LogP contribution in [0.25, 0.3) is 0 Å². The van der Waals surface area contributed by atoms with Crippen molar-refractivity contribution < 1.29 is 13.2 Å². The lowest BCUT2D eigenvalue weighted by Gasteiger charge is -2.07. The van der Waals surface area contributed by atoms with Gasteiger partial charge in [0.15, 0.2) is 0 Å². The Balaban J connectivity index is 1.75. The number of carbonyl (C=O) groups excluding carboxylic acids is 1. The summed E-state index contributed by atoms with van der Waals surface area (Å²) in [6.07, 6.45) is 2.75. The van der Waals surface area contributed by atoms with Crippen molar-refractivity contribution in [3.8, 4) is 0 Å². The molecule has 0 fully saturated rings. The molecule has 2 N–H and O–H groups in total. The molecule has 2 rings (SSSR count). The van der Waals surface area contributed by atoms with Crippen molar-refractivity contribution in [1.29, 1.82) is 0 Å². The second-order valence-electron chi connectivity index (χ2n) is 5.30. The van der Waals surface area contributed by atoms with Crippen molar-refractivity contribution in [2.24, 2.45) is 0 Å². The van der Waals surface area contributed by atoms with Gasteiger partial charge in [-0.15, -0.1) is 0 Å². The highest BCUT2D eigenvalue weighted by atomic mass is 32.2. The first-order valence-corrected chi connectivity index (χ1v) is 9.23. The van der Waals surface area contributed by atoms with E-state index < -0.39 is 10.0 Å². The quantitative estimate of drug-likeness (QED) is 0.765. The van der Waals surface area contributed by atoms with Gasteiger partial charge in [-0.3, -0.25) is 9.52 Å². The van der Waals surface area contributed by atoms with Crippen LogP contribution >= 0.6 is 0 Å². The van der Waals surface area contributed by atoms with Gasteiger partial charge in [0.1, 0.15) is 0 Å². The van der Waals surface area contributed by atoms with Gasteiger partial charge in [0.25, 0.3) is 5.91 Å². The first kappa shape index (κ1) is 17.0. The zero-order valence-corrected chi connectivity index (χ0v) is 13.8. The standard InChI is InChI=1S/C17H20N2O3S/c1-23(21,22)19-16-11-9-14(10-12-16)6-5-13-18-17(20)15-7-3-2-4-8-15/h2-4,7-12,19H,5-6,13H2,1H3,(H,18,20). The van der Waals surface area contributed by atoms with Crippen molar-refractivity contribution in [2.45, 2.75) is 12.8 Å². The number of benzene rings is 2. The zero-order chi connectivity index (χ0) is 16.7. The van der Waals surface area contributed by atoms with Gasteiger partial charge in [-0.25, -0.2) is 8.42 Å². The number of aryl methyl sites for hydroxylation is 1. The first-order chi connectivity index (χ1) is 10.9. The number of sulfonamides is 1. The van der Waals surface area contributed by atoms with Crippen LogP contribution in [0.2, 0.25) is 0 Å². The summed E-state index contributed by atoms with van der Waals surface area (Å²) in [4.78, 5) is 11.9. The maximum atomic E-state index is 11.9. The summed E-state index contributed by atoms with van der Waals surface area (Å²) in [6.45, 7) is 0.594. The maximum Gasteiger partial charge on any atom is 0.251 e. The topological polar surface area (TPSA) is 75.3 Å². The first-order valence-electron chi connectivity index (χ1n) is 7.34. The maximum absolute atomic E-state index is 11.9. The van der Waals surface area contributed by atoms with E-state index in [0.29, 0.717) is 17.8 Å². The number of rotatable bonds is 7. The van der Waals surface area contributed by atoms with Gasteiger partial charge in [0, 0.05) is 17.8 Å². The van der Waals surface area contributed by atoms with Crippen molar-refractivity contribution in [3.05, 3.63) is 65.7 Å². The van der Waals surface area contributed by atoms with Gasteiger partial charge >= 0.3 is 0 Å². The molecule has 0 radical (unpaired) electrons. The van der Waals surface area contributed by atoms with E-state index in [1.807, 2.05) is 30.3 Å². The molecule has 6 heteroatoms. The summed E-state index contributed by atoms with van der Waals surface area (Å²) < 4.78 is 24.7. The fourth-order valence-corrected chi connectivity index (χ4v) is 2.70. The Morgan fingerprint density at radius 2 is 1.65 bits per heavy atom. The smallest absolute Gasteiger partial charge is 0.251 e. The van der Waals surface area contributed by atoms with Crippen LogP contribution in [-0.2, 0) is 16.4 Å². The van der Waals surface area contributed by atoms with Crippen LogP contribution in [0.3, 0.4) is 0 Å². The molecule has 2 aromatic carbocycles. The van der Waals surface area contributed by atoms with E-state index in [-0.39, 0.29) is 5.91 Å². The fourth-order valence-electron chi connectivity index (χ4n) is 2.14. The molecule has 2 aromatic rings. The van der Waals surface area contributed by atoms with E-state index in [1.165, 1.54) is 0 Å². The van der Waals surface area contributed by atoms with Gasteiger partial charge < -0.3 is 5.32 Å². The lowest BCUT2D eigenvalue weighted by molar-refractivity contribution is 0.0953. The average molecular weight is 332 g/mol. The molecule has 0 saturated carbocycles. The van der Waals surface area contributed by atoms with Gasteiger partial charge in [-0.2, -0.15) is 0 Å². The predicted molar refractivity (Wildman–Crippen MR) is 92.0 cm³/mol. The van der Waals surface area contributed by atoms with E-state index in [2.05, 4.69) is 10.0 Å². The van der Waals surface area contributed by atoms with Crippen molar-refractivity contribution in [3.63, 3.8) is 0 Å². The van der Waals surface area contributed by atoms with E-state index in [0.717, 1.165) is 24.7 Å². The Morgan fingerprint density at radius 3 is 2.26 bits per heavy atom. The van der Waals surface area contributed by atoms with Crippen LogP contribution in [-0.4, -0.2) is 27.1 Å². The number of hydrogen-bond donors (Lipinski definition) is 2. The second kappa shape index (κ2) is 7.78. The molecule has 0 aliphatic carbocycles. The van der Waals surface area contributed by atoms with Crippen LogP contribution in [0.5, 0.6) is 0 Å².